The Labute approximate surface area is 192 Å². The van der Waals surface area contributed by atoms with Crippen molar-refractivity contribution in [1.29, 1.82) is 0 Å². The zero-order valence-electron chi connectivity index (χ0n) is 20.7. The minimum atomic E-state index is -4.60. The van der Waals surface area contributed by atoms with Crippen LogP contribution in [0.2, 0.25) is 0 Å². The monoisotopic (exact) mass is 450 g/mol. The first kappa shape index (κ1) is 24.5. The first-order valence-electron chi connectivity index (χ1n) is 11.0. The molecule has 32 heavy (non-hydrogen) atoms. The largest absolute Gasteiger partial charge is 0.357 e. The van der Waals surface area contributed by atoms with Crippen molar-refractivity contribution in [2.45, 2.75) is 67.7 Å². The van der Waals surface area contributed by atoms with Gasteiger partial charge in [-0.3, -0.25) is 4.57 Å². The van der Waals surface area contributed by atoms with Crippen LogP contribution >= 0.6 is 7.60 Å². The summed E-state index contributed by atoms with van der Waals surface area (Å²) in [5.74, 6) is 0. The second kappa shape index (κ2) is 8.30. The third-order valence-corrected chi connectivity index (χ3v) is 7.22. The Hall–Kier alpha value is -2.19. The molecule has 3 aromatic rings. The van der Waals surface area contributed by atoms with Crippen molar-refractivity contribution in [2.24, 2.45) is 0 Å². The molecule has 0 saturated carbocycles. The second-order valence-corrected chi connectivity index (χ2v) is 11.8. The molecule has 0 unspecified atom stereocenters. The van der Waals surface area contributed by atoms with E-state index < -0.39 is 7.60 Å². The molecule has 0 saturated heterocycles. The molecule has 3 nitrogen and oxygen atoms in total. The number of benzene rings is 3. The number of hydrogen-bond acceptors (Lipinski definition) is 1. The lowest BCUT2D eigenvalue weighted by Gasteiger charge is -2.27. The van der Waals surface area contributed by atoms with E-state index in [9.17, 15) is 14.4 Å². The molecule has 0 bridgehead atoms. The van der Waals surface area contributed by atoms with E-state index in [1.54, 1.807) is 0 Å². The topological polar surface area (TPSA) is 57.5 Å². The van der Waals surface area contributed by atoms with E-state index in [1.807, 2.05) is 53.7 Å². The van der Waals surface area contributed by atoms with Gasteiger partial charge in [0, 0.05) is 0 Å². The summed E-state index contributed by atoms with van der Waals surface area (Å²) in [5.41, 5.74) is 10.3. The summed E-state index contributed by atoms with van der Waals surface area (Å²) in [6.45, 7) is 18.6. The summed E-state index contributed by atoms with van der Waals surface area (Å²) < 4.78 is 13.1. The fourth-order valence-electron chi connectivity index (χ4n) is 4.97. The molecule has 3 rings (SSSR count). The first-order chi connectivity index (χ1) is 14.6. The third-order valence-electron chi connectivity index (χ3n) is 6.16. The molecule has 2 N–H and O–H groups in total. The molecular weight excluding hydrogens is 415 g/mol. The van der Waals surface area contributed by atoms with E-state index >= 15 is 0 Å². The minimum Gasteiger partial charge on any atom is -0.321 e. The lowest BCUT2D eigenvalue weighted by molar-refractivity contribution is 0.387. The zero-order valence-corrected chi connectivity index (χ0v) is 21.6. The van der Waals surface area contributed by atoms with Gasteiger partial charge in [0.15, 0.2) is 0 Å². The molecule has 0 amide bonds. The maximum Gasteiger partial charge on any atom is 0.357 e. The maximum absolute atomic E-state index is 13.1. The van der Waals surface area contributed by atoms with Gasteiger partial charge in [0.1, 0.15) is 0 Å². The highest BCUT2D eigenvalue weighted by Gasteiger charge is 2.31. The fraction of sp³-hybridized carbons (Fsp3) is 0.357. The Kier molecular flexibility index (Phi) is 6.34. The van der Waals surface area contributed by atoms with Crippen LogP contribution in [0.3, 0.4) is 0 Å². The van der Waals surface area contributed by atoms with Crippen LogP contribution in [0.1, 0.15) is 59.7 Å². The van der Waals surface area contributed by atoms with E-state index in [1.165, 1.54) is 0 Å². The normalized spacial score (nSPS) is 12.3. The van der Waals surface area contributed by atoms with E-state index in [0.29, 0.717) is 11.1 Å². The Morgan fingerprint density at radius 3 is 1.19 bits per heavy atom. The molecule has 0 radical (unpaired) electrons. The van der Waals surface area contributed by atoms with Gasteiger partial charge >= 0.3 is 7.60 Å². The quantitative estimate of drug-likeness (QED) is 0.424. The van der Waals surface area contributed by atoms with Crippen LogP contribution in [-0.2, 0) is 9.98 Å². The predicted molar refractivity (Wildman–Crippen MR) is 136 cm³/mol. The van der Waals surface area contributed by atoms with Gasteiger partial charge in [0.2, 0.25) is 0 Å². The number of hydrogen-bond donors (Lipinski definition) is 2. The average Bonchev–Trinajstić information content (AvgIpc) is 2.57. The van der Waals surface area contributed by atoms with Gasteiger partial charge in [0.25, 0.3) is 0 Å². The lowest BCUT2D eigenvalue weighted by Crippen LogP contribution is -2.19. The summed E-state index contributed by atoms with van der Waals surface area (Å²) in [6.07, 6.45) is 0. The Balaban J connectivity index is 2.60. The zero-order chi connectivity index (χ0) is 24.2. The van der Waals surface area contributed by atoms with Crippen molar-refractivity contribution in [3.63, 3.8) is 0 Å². The lowest BCUT2D eigenvalue weighted by atomic mass is 9.81. The van der Waals surface area contributed by atoms with Crippen LogP contribution in [0.15, 0.2) is 36.4 Å². The smallest absolute Gasteiger partial charge is 0.321 e. The van der Waals surface area contributed by atoms with E-state index in [0.717, 1.165) is 50.1 Å². The summed E-state index contributed by atoms with van der Waals surface area (Å²) in [5, 5.41) is 0.121. The molecule has 0 heterocycles. The molecule has 0 aliphatic heterocycles. The van der Waals surface area contributed by atoms with Crippen LogP contribution in [-0.4, -0.2) is 9.79 Å². The standard InChI is InChI=1S/C28H35O3P/c1-16-10-18(3)25(19(4)11-16)23-14-22(28(7,8)9)15-24(27(23)32(29,30)31)26-20(5)12-17(2)13-21(26)6/h10-15H,1-9H3,(H2,29,30,31). The highest BCUT2D eigenvalue weighted by Crippen LogP contribution is 2.46. The SMILES string of the molecule is Cc1cc(C)c(-c2cc(C(C)(C)C)cc(-c3c(C)cc(C)cc3C)c2P(=O)(O)O)c(C)c1. The van der Waals surface area contributed by atoms with E-state index in [2.05, 4.69) is 45.0 Å². The van der Waals surface area contributed by atoms with Gasteiger partial charge in [-0.25, -0.2) is 0 Å². The van der Waals surface area contributed by atoms with E-state index in [4.69, 9.17) is 0 Å². The fourth-order valence-corrected chi connectivity index (χ4v) is 5.95. The van der Waals surface area contributed by atoms with Crippen molar-refractivity contribution in [3.05, 3.63) is 75.3 Å². The van der Waals surface area contributed by atoms with Gasteiger partial charge in [0.05, 0.1) is 5.30 Å². The van der Waals surface area contributed by atoms with Gasteiger partial charge in [-0.2, -0.15) is 0 Å². The molecule has 0 atom stereocenters. The van der Waals surface area contributed by atoms with Crippen molar-refractivity contribution >= 4 is 12.9 Å². The number of aryl methyl sites for hydroxylation is 6. The van der Waals surface area contributed by atoms with Crippen molar-refractivity contribution in [3.8, 4) is 22.3 Å². The third kappa shape index (κ3) is 4.62. The minimum absolute atomic E-state index is 0.121. The van der Waals surface area contributed by atoms with Gasteiger partial charge < -0.3 is 9.79 Å². The first-order valence-corrected chi connectivity index (χ1v) is 12.6. The highest BCUT2D eigenvalue weighted by molar-refractivity contribution is 7.61. The van der Waals surface area contributed by atoms with E-state index in [-0.39, 0.29) is 10.7 Å². The predicted octanol–water partition coefficient (Wildman–Crippen LogP) is 6.97. The maximum atomic E-state index is 13.1. The molecular formula is C28H35O3P. The van der Waals surface area contributed by atoms with Gasteiger partial charge in [-0.05, 0) is 109 Å². The Morgan fingerprint density at radius 1 is 0.625 bits per heavy atom. The summed E-state index contributed by atoms with van der Waals surface area (Å²) >= 11 is 0. The van der Waals surface area contributed by atoms with Crippen molar-refractivity contribution in [1.82, 2.24) is 0 Å². The molecule has 3 aromatic carbocycles. The Morgan fingerprint density at radius 2 is 0.938 bits per heavy atom. The van der Waals surface area contributed by atoms with Gasteiger partial charge in [-0.15, -0.1) is 0 Å². The molecule has 0 aliphatic carbocycles. The molecule has 170 valence electrons. The molecule has 0 aromatic heterocycles. The number of rotatable bonds is 3. The Bertz CT molecular complexity index is 1130. The summed E-state index contributed by atoms with van der Waals surface area (Å²) in [6, 6.07) is 12.3. The summed E-state index contributed by atoms with van der Waals surface area (Å²) in [7, 11) is -4.60. The average molecular weight is 451 g/mol. The van der Waals surface area contributed by atoms with Crippen LogP contribution < -0.4 is 5.30 Å². The van der Waals surface area contributed by atoms with Crippen LogP contribution in [0.4, 0.5) is 0 Å². The highest BCUT2D eigenvalue weighted by atomic mass is 31.2. The van der Waals surface area contributed by atoms with Gasteiger partial charge in [-0.1, -0.05) is 56.2 Å². The van der Waals surface area contributed by atoms with Crippen LogP contribution in [0.25, 0.3) is 22.3 Å². The molecule has 0 fully saturated rings. The summed E-state index contributed by atoms with van der Waals surface area (Å²) in [4.78, 5) is 21.3. The van der Waals surface area contributed by atoms with Crippen molar-refractivity contribution < 1.29 is 14.4 Å². The molecule has 4 heteroatoms. The molecule has 0 aliphatic rings. The van der Waals surface area contributed by atoms with Crippen LogP contribution in [0, 0.1) is 41.5 Å². The molecule has 0 spiro atoms. The van der Waals surface area contributed by atoms with Crippen molar-refractivity contribution in [2.75, 3.05) is 0 Å². The van der Waals surface area contributed by atoms with Crippen LogP contribution in [0.5, 0.6) is 0 Å². The second-order valence-electron chi connectivity index (χ2n) is 10.3.